The Hall–Kier alpha value is -3.26. The van der Waals surface area contributed by atoms with E-state index in [9.17, 15) is 14.4 Å². The van der Waals surface area contributed by atoms with Crippen molar-refractivity contribution in [2.75, 3.05) is 25.0 Å². The number of halogens is 1. The third-order valence-corrected chi connectivity index (χ3v) is 5.53. The maximum atomic E-state index is 14.7. The Morgan fingerprint density at radius 1 is 1.53 bits per heavy atom. The van der Waals surface area contributed by atoms with Crippen LogP contribution in [-0.4, -0.2) is 49.5 Å². The molecule has 0 bridgehead atoms. The highest BCUT2D eigenvalue weighted by atomic mass is 19.1. The fraction of sp³-hybridized carbons (Fsp3) is 0.409. The van der Waals surface area contributed by atoms with Gasteiger partial charge in [-0.15, -0.1) is 0 Å². The van der Waals surface area contributed by atoms with Crippen molar-refractivity contribution >= 4 is 17.8 Å². The third kappa shape index (κ3) is 4.23. The van der Waals surface area contributed by atoms with Gasteiger partial charge in [-0.05, 0) is 50.9 Å². The van der Waals surface area contributed by atoms with Crippen molar-refractivity contribution in [2.24, 2.45) is 16.6 Å². The number of anilines is 1. The predicted octanol–water partition coefficient (Wildman–Crippen LogP) is 1.34. The van der Waals surface area contributed by atoms with Gasteiger partial charge in [0, 0.05) is 19.3 Å². The van der Waals surface area contributed by atoms with Gasteiger partial charge in [-0.2, -0.15) is 5.26 Å². The Balaban J connectivity index is 1.82. The van der Waals surface area contributed by atoms with Crippen LogP contribution in [0.15, 0.2) is 40.8 Å². The maximum absolute atomic E-state index is 14.7. The minimum Gasteiger partial charge on any atom is -0.487 e. The Bertz CT molecular complexity index is 1040. The topological polar surface area (TPSA) is 119 Å². The van der Waals surface area contributed by atoms with Crippen molar-refractivity contribution in [3.63, 3.8) is 0 Å². The lowest BCUT2D eigenvalue weighted by molar-refractivity contribution is -0.105. The summed E-state index contributed by atoms with van der Waals surface area (Å²) in [4.78, 5) is 18.0. The smallest absolute Gasteiger partial charge is 0.158 e. The Morgan fingerprint density at radius 3 is 2.97 bits per heavy atom. The van der Waals surface area contributed by atoms with Gasteiger partial charge in [-0.1, -0.05) is 0 Å². The van der Waals surface area contributed by atoms with Crippen LogP contribution in [0.1, 0.15) is 25.3 Å². The molecule has 1 saturated carbocycles. The summed E-state index contributed by atoms with van der Waals surface area (Å²) in [5, 5.41) is 14.4. The average Bonchev–Trinajstić information content (AvgIpc) is 3.53. The number of ether oxygens (including phenoxy) is 1. The number of likely N-dealkylation sites (N-methyl/N-ethyl adjacent to an activating group) is 1. The number of nitriles is 1. The molecular weight excluding hydrogens is 413 g/mol. The zero-order chi connectivity index (χ0) is 22.8. The van der Waals surface area contributed by atoms with Gasteiger partial charge in [-0.25, -0.2) is 14.8 Å². The summed E-state index contributed by atoms with van der Waals surface area (Å²) >= 11 is 0. The summed E-state index contributed by atoms with van der Waals surface area (Å²) in [6, 6.07) is 4.78. The lowest BCUT2D eigenvalue weighted by Gasteiger charge is -2.31. The summed E-state index contributed by atoms with van der Waals surface area (Å²) in [6.07, 6.45) is 5.33. The number of carbonyl (C=O) groups is 1. The number of fused-ring (bicyclic) bond motifs is 1. The van der Waals surface area contributed by atoms with Gasteiger partial charge in [0.05, 0.1) is 5.57 Å². The van der Waals surface area contributed by atoms with E-state index in [1.54, 1.807) is 23.4 Å². The number of aldehydes is 1. The second-order valence-corrected chi connectivity index (χ2v) is 8.08. The van der Waals surface area contributed by atoms with Crippen molar-refractivity contribution in [2.45, 2.75) is 32.0 Å². The highest BCUT2D eigenvalue weighted by molar-refractivity contribution is 6.08. The molecule has 0 spiro atoms. The van der Waals surface area contributed by atoms with Crippen LogP contribution in [0.5, 0.6) is 5.75 Å². The highest BCUT2D eigenvalue weighted by Crippen LogP contribution is 2.39. The first-order valence-corrected chi connectivity index (χ1v) is 10.6. The van der Waals surface area contributed by atoms with E-state index < -0.39 is 12.0 Å². The summed E-state index contributed by atoms with van der Waals surface area (Å²) < 4.78 is 20.8. The van der Waals surface area contributed by atoms with Crippen LogP contribution in [0, 0.1) is 23.1 Å². The van der Waals surface area contributed by atoms with Crippen molar-refractivity contribution in [1.82, 2.24) is 15.8 Å². The van der Waals surface area contributed by atoms with E-state index in [0.717, 1.165) is 12.8 Å². The molecule has 2 atom stereocenters. The van der Waals surface area contributed by atoms with Crippen LogP contribution >= 0.6 is 0 Å². The van der Waals surface area contributed by atoms with Gasteiger partial charge in [0.15, 0.2) is 12.1 Å². The molecule has 4 N–H and O–H groups in total. The largest absolute Gasteiger partial charge is 0.487 e. The molecule has 3 aliphatic rings. The number of hydrogen-bond acceptors (Lipinski definition) is 9. The molecule has 1 aromatic rings. The summed E-state index contributed by atoms with van der Waals surface area (Å²) in [5.74, 6) is 1.02. The Kier molecular flexibility index (Phi) is 6.23. The van der Waals surface area contributed by atoms with Crippen molar-refractivity contribution in [3.05, 3.63) is 47.2 Å². The fourth-order valence-electron chi connectivity index (χ4n) is 3.77. The molecule has 168 valence electrons. The van der Waals surface area contributed by atoms with E-state index in [1.165, 1.54) is 6.07 Å². The van der Waals surface area contributed by atoms with Gasteiger partial charge < -0.3 is 20.7 Å². The fourth-order valence-corrected chi connectivity index (χ4v) is 3.77. The molecule has 0 aromatic heterocycles. The Morgan fingerprint density at radius 2 is 2.31 bits per heavy atom. The van der Waals surface area contributed by atoms with Gasteiger partial charge >= 0.3 is 0 Å². The molecule has 10 heteroatoms. The molecule has 0 radical (unpaired) electrons. The second kappa shape index (κ2) is 9.08. The molecule has 32 heavy (non-hydrogen) atoms. The molecule has 2 heterocycles. The van der Waals surface area contributed by atoms with E-state index in [1.807, 2.05) is 24.9 Å². The first-order chi connectivity index (χ1) is 15.5. The minimum absolute atomic E-state index is 0.107. The summed E-state index contributed by atoms with van der Waals surface area (Å²) in [5.41, 5.74) is 9.46. The van der Waals surface area contributed by atoms with Crippen LogP contribution in [0.3, 0.4) is 0 Å². The molecule has 0 saturated heterocycles. The molecule has 1 aromatic carbocycles. The number of nitrogens with zero attached hydrogens (tertiary/aromatic N) is 4. The van der Waals surface area contributed by atoms with E-state index in [4.69, 9.17) is 10.5 Å². The van der Waals surface area contributed by atoms with E-state index in [-0.39, 0.29) is 11.7 Å². The van der Waals surface area contributed by atoms with Crippen LogP contribution in [0.2, 0.25) is 0 Å². The van der Waals surface area contributed by atoms with Crippen LogP contribution in [0.4, 0.5) is 10.1 Å². The van der Waals surface area contributed by atoms with Crippen LogP contribution < -0.4 is 26.1 Å². The average molecular weight is 439 g/mol. The number of nitrogens with one attached hydrogen (secondary N) is 2. The maximum Gasteiger partial charge on any atom is 0.158 e. The minimum atomic E-state index is -0.669. The number of amidine groups is 1. The normalized spacial score (nSPS) is 20.5. The molecule has 4 rings (SSSR count). The number of benzene rings is 1. The summed E-state index contributed by atoms with van der Waals surface area (Å²) in [6.45, 7) is 3.01. The van der Waals surface area contributed by atoms with Crippen molar-refractivity contribution < 1.29 is 13.9 Å². The predicted molar refractivity (Wildman–Crippen MR) is 118 cm³/mol. The molecule has 0 amide bonds. The van der Waals surface area contributed by atoms with Crippen molar-refractivity contribution in [1.29, 1.82) is 5.26 Å². The van der Waals surface area contributed by atoms with Gasteiger partial charge in [0.25, 0.3) is 0 Å². The first kappa shape index (κ1) is 22.0. The number of rotatable bonds is 8. The number of hydrogen-bond donors (Lipinski definition) is 3. The lowest BCUT2D eigenvalue weighted by atomic mass is 10.1. The molecule has 9 nitrogen and oxygen atoms in total. The molecule has 2 unspecified atom stereocenters. The van der Waals surface area contributed by atoms with E-state index in [0.29, 0.717) is 54.0 Å². The number of aliphatic imine (C=N–C) groups is 1. The lowest BCUT2D eigenvalue weighted by Crippen LogP contribution is -2.41. The third-order valence-electron chi connectivity index (χ3n) is 5.53. The second-order valence-electron chi connectivity index (χ2n) is 8.08. The monoisotopic (exact) mass is 439 g/mol. The Labute approximate surface area is 186 Å². The van der Waals surface area contributed by atoms with Crippen LogP contribution in [-0.2, 0) is 4.79 Å². The first-order valence-electron chi connectivity index (χ1n) is 10.6. The zero-order valence-electron chi connectivity index (χ0n) is 18.0. The molecule has 1 aliphatic carbocycles. The van der Waals surface area contributed by atoms with Gasteiger partial charge in [0.1, 0.15) is 47.0 Å². The number of nitrogens with two attached hydrogens (primary N) is 1. The van der Waals surface area contributed by atoms with Gasteiger partial charge in [-0.3, -0.25) is 9.80 Å². The van der Waals surface area contributed by atoms with E-state index >= 15 is 0 Å². The quantitative estimate of drug-likeness (QED) is 0.520. The zero-order valence-corrected chi connectivity index (χ0v) is 18.0. The molecule has 1 fully saturated rings. The SMILES string of the molecule is CNCC(C)Oc1ccc(F)c(C#N)c1N(CC1CC1)C1=NC2=C(C=O)C(N)NN2C=C1. The van der Waals surface area contributed by atoms with E-state index in [2.05, 4.69) is 15.7 Å². The van der Waals surface area contributed by atoms with Crippen LogP contribution in [0.25, 0.3) is 0 Å². The van der Waals surface area contributed by atoms with Crippen molar-refractivity contribution in [3.8, 4) is 11.8 Å². The molecular formula is C22H26FN7O2. The standard InChI is InChI=1S/C22H26FN7O2/c1-13(10-26-2)32-18-6-5-17(23)15(9-24)20(18)29(11-14-3-4-14)19-7-8-30-22(27-19)16(12-31)21(25)28-30/h5-8,12-14,21,26,28H,3-4,10-11,25H2,1-2H3. The highest BCUT2D eigenvalue weighted by Gasteiger charge is 2.34. The molecule has 2 aliphatic heterocycles. The number of hydrazine groups is 1. The van der Waals surface area contributed by atoms with Gasteiger partial charge in [0.2, 0.25) is 0 Å². The summed E-state index contributed by atoms with van der Waals surface area (Å²) in [7, 11) is 1.82. The number of carbonyl (C=O) groups excluding carboxylic acids is 1.